The van der Waals surface area contributed by atoms with Crippen LogP contribution in [0.25, 0.3) is 11.1 Å². The van der Waals surface area contributed by atoms with Crippen molar-refractivity contribution in [1.82, 2.24) is 14.8 Å². The van der Waals surface area contributed by atoms with Gasteiger partial charge in [0.25, 0.3) is 5.56 Å². The maximum Gasteiger partial charge on any atom is 0.258 e. The predicted molar refractivity (Wildman–Crippen MR) is 127 cm³/mol. The molecule has 0 unspecified atom stereocenters. The van der Waals surface area contributed by atoms with Crippen LogP contribution in [0.5, 0.6) is 0 Å². The van der Waals surface area contributed by atoms with Crippen molar-refractivity contribution >= 4 is 5.91 Å². The summed E-state index contributed by atoms with van der Waals surface area (Å²) in [7, 11) is 1.93. The highest BCUT2D eigenvalue weighted by Gasteiger charge is 2.54. The third kappa shape index (κ3) is 3.59. The summed E-state index contributed by atoms with van der Waals surface area (Å²) < 4.78 is 1.83. The average Bonchev–Trinajstić information content (AvgIpc) is 3.35. The number of nitrogens with zero attached hydrogens (tertiary/aromatic N) is 2. The van der Waals surface area contributed by atoms with E-state index in [4.69, 9.17) is 0 Å². The number of aromatic nitrogens is 1. The molecule has 33 heavy (non-hydrogen) atoms. The SMILES string of the molecule is C[C@H](NC(=O)[C@@H]1[C@@H](CO)[C@@H]2Cn3c(ccc(-c4ccccc4)c3=O)[C@@H]2N1C)c1ccccc1. The van der Waals surface area contributed by atoms with Crippen LogP contribution in [0.1, 0.15) is 30.3 Å². The fourth-order valence-electron chi connectivity index (χ4n) is 5.73. The molecule has 2 aliphatic heterocycles. The third-order valence-corrected chi connectivity index (χ3v) is 7.37. The van der Waals surface area contributed by atoms with Crippen molar-refractivity contribution in [1.29, 1.82) is 0 Å². The molecule has 2 aliphatic rings. The molecule has 0 bridgehead atoms. The van der Waals surface area contributed by atoms with Gasteiger partial charge in [-0.05, 0) is 37.2 Å². The van der Waals surface area contributed by atoms with Crippen LogP contribution in [0, 0.1) is 11.8 Å². The minimum atomic E-state index is -0.450. The molecule has 1 aromatic heterocycles. The Morgan fingerprint density at radius 3 is 2.39 bits per heavy atom. The van der Waals surface area contributed by atoms with Crippen LogP contribution < -0.4 is 10.9 Å². The van der Waals surface area contributed by atoms with Gasteiger partial charge < -0.3 is 15.0 Å². The van der Waals surface area contributed by atoms with Crippen molar-refractivity contribution < 1.29 is 9.90 Å². The number of likely N-dealkylation sites (N-methyl/N-ethyl adjacent to an activating group) is 1. The van der Waals surface area contributed by atoms with Gasteiger partial charge >= 0.3 is 0 Å². The minimum absolute atomic E-state index is 0.00139. The quantitative estimate of drug-likeness (QED) is 0.636. The smallest absolute Gasteiger partial charge is 0.258 e. The van der Waals surface area contributed by atoms with Crippen LogP contribution in [0.4, 0.5) is 0 Å². The maximum atomic E-state index is 13.3. The number of aliphatic hydroxyl groups is 1. The number of hydrogen-bond acceptors (Lipinski definition) is 4. The number of aliphatic hydroxyl groups excluding tert-OH is 1. The van der Waals surface area contributed by atoms with E-state index in [1.54, 1.807) is 0 Å². The molecule has 0 radical (unpaired) electrons. The van der Waals surface area contributed by atoms with E-state index in [0.717, 1.165) is 16.8 Å². The molecule has 2 N–H and O–H groups in total. The van der Waals surface area contributed by atoms with Crippen LogP contribution >= 0.6 is 0 Å². The third-order valence-electron chi connectivity index (χ3n) is 7.37. The summed E-state index contributed by atoms with van der Waals surface area (Å²) in [5.74, 6) is -0.332. The molecular formula is C27H29N3O3. The number of fused-ring (bicyclic) bond motifs is 3. The van der Waals surface area contributed by atoms with Crippen LogP contribution in [0.15, 0.2) is 77.6 Å². The Kier molecular flexibility index (Phi) is 5.64. The fraction of sp³-hybridized carbons (Fsp3) is 0.333. The van der Waals surface area contributed by atoms with Crippen molar-refractivity contribution in [3.63, 3.8) is 0 Å². The van der Waals surface area contributed by atoms with Crippen LogP contribution in [-0.2, 0) is 11.3 Å². The summed E-state index contributed by atoms with van der Waals surface area (Å²) in [5.41, 5.74) is 3.51. The van der Waals surface area contributed by atoms with Gasteiger partial charge in [-0.2, -0.15) is 0 Å². The molecule has 5 atom stereocenters. The van der Waals surface area contributed by atoms with Crippen LogP contribution in [-0.4, -0.2) is 40.2 Å². The number of likely N-dealkylation sites (tertiary alicyclic amines) is 1. The summed E-state index contributed by atoms with van der Waals surface area (Å²) in [5, 5.41) is 13.4. The lowest BCUT2D eigenvalue weighted by atomic mass is 9.88. The summed E-state index contributed by atoms with van der Waals surface area (Å²) in [6.07, 6.45) is 0. The van der Waals surface area contributed by atoms with E-state index >= 15 is 0 Å². The molecule has 5 rings (SSSR count). The first kappa shape index (κ1) is 21.6. The lowest BCUT2D eigenvalue weighted by Gasteiger charge is -2.28. The number of pyridine rings is 1. The van der Waals surface area contributed by atoms with Crippen molar-refractivity contribution in [2.75, 3.05) is 13.7 Å². The Bertz CT molecular complexity index is 1210. The second kappa shape index (κ2) is 8.61. The summed E-state index contributed by atoms with van der Waals surface area (Å²) in [6.45, 7) is 2.38. The summed E-state index contributed by atoms with van der Waals surface area (Å²) in [4.78, 5) is 28.7. The Balaban J connectivity index is 1.43. The molecule has 1 amide bonds. The highest BCUT2D eigenvalue weighted by Crippen LogP contribution is 2.48. The Morgan fingerprint density at radius 1 is 1.06 bits per heavy atom. The van der Waals surface area contributed by atoms with Crippen molar-refractivity contribution in [2.45, 2.75) is 31.6 Å². The Labute approximate surface area is 193 Å². The molecule has 6 nitrogen and oxygen atoms in total. The number of hydrogen-bond donors (Lipinski definition) is 2. The Hall–Kier alpha value is -3.22. The molecule has 0 spiro atoms. The zero-order valence-electron chi connectivity index (χ0n) is 18.9. The zero-order chi connectivity index (χ0) is 23.1. The van der Waals surface area contributed by atoms with E-state index < -0.39 is 6.04 Å². The fourth-order valence-corrected chi connectivity index (χ4v) is 5.73. The van der Waals surface area contributed by atoms with E-state index in [1.165, 1.54) is 0 Å². The van der Waals surface area contributed by atoms with E-state index in [9.17, 15) is 14.7 Å². The van der Waals surface area contributed by atoms with Crippen LogP contribution in [0.2, 0.25) is 0 Å². The van der Waals surface area contributed by atoms with Gasteiger partial charge in [0, 0.05) is 36.2 Å². The summed E-state index contributed by atoms with van der Waals surface area (Å²) >= 11 is 0. The second-order valence-electron chi connectivity index (χ2n) is 9.16. The Morgan fingerprint density at radius 2 is 1.73 bits per heavy atom. The molecular weight excluding hydrogens is 414 g/mol. The molecule has 1 fully saturated rings. The van der Waals surface area contributed by atoms with Gasteiger partial charge in [-0.3, -0.25) is 14.5 Å². The number of benzene rings is 2. The molecule has 3 aromatic rings. The van der Waals surface area contributed by atoms with Crippen LogP contribution in [0.3, 0.4) is 0 Å². The number of amides is 1. The maximum absolute atomic E-state index is 13.3. The molecule has 0 aliphatic carbocycles. The second-order valence-corrected chi connectivity index (χ2v) is 9.16. The predicted octanol–water partition coefficient (Wildman–Crippen LogP) is 2.99. The van der Waals surface area contributed by atoms with Gasteiger partial charge in [0.05, 0.1) is 18.1 Å². The largest absolute Gasteiger partial charge is 0.396 e. The van der Waals surface area contributed by atoms with E-state index in [-0.39, 0.29) is 42.0 Å². The number of carbonyl (C=O) groups is 1. The standard InChI is InChI=1S/C27H29N3O3/c1-17(18-9-5-3-6-10-18)28-26(32)25-22(16-31)21-15-30-23(24(21)29(25)2)14-13-20(27(30)33)19-11-7-4-8-12-19/h3-14,17,21-22,24-25,31H,15-16H2,1-2H3,(H,28,32)/t17-,21-,22-,24+,25-/m0/s1. The zero-order valence-corrected chi connectivity index (χ0v) is 18.9. The molecule has 170 valence electrons. The summed E-state index contributed by atoms with van der Waals surface area (Å²) in [6, 6.07) is 22.8. The molecule has 3 heterocycles. The van der Waals surface area contributed by atoms with E-state index in [1.807, 2.05) is 96.2 Å². The van der Waals surface area contributed by atoms with Gasteiger partial charge in [0.2, 0.25) is 5.91 Å². The van der Waals surface area contributed by atoms with Gasteiger partial charge in [-0.1, -0.05) is 60.7 Å². The minimum Gasteiger partial charge on any atom is -0.396 e. The molecule has 2 aromatic carbocycles. The number of nitrogens with one attached hydrogen (secondary N) is 1. The van der Waals surface area contributed by atoms with Crippen molar-refractivity contribution in [2.24, 2.45) is 11.8 Å². The van der Waals surface area contributed by atoms with Gasteiger partial charge in [-0.25, -0.2) is 0 Å². The van der Waals surface area contributed by atoms with Gasteiger partial charge in [-0.15, -0.1) is 0 Å². The molecule has 0 saturated carbocycles. The first-order valence-electron chi connectivity index (χ1n) is 11.5. The first-order chi connectivity index (χ1) is 16.0. The number of carbonyl (C=O) groups excluding carboxylic acids is 1. The highest BCUT2D eigenvalue weighted by atomic mass is 16.3. The van der Waals surface area contributed by atoms with E-state index in [2.05, 4.69) is 5.32 Å². The van der Waals surface area contributed by atoms with Gasteiger partial charge in [0.15, 0.2) is 0 Å². The average molecular weight is 444 g/mol. The topological polar surface area (TPSA) is 74.6 Å². The van der Waals surface area contributed by atoms with E-state index in [0.29, 0.717) is 12.1 Å². The first-order valence-corrected chi connectivity index (χ1v) is 11.5. The van der Waals surface area contributed by atoms with Crippen molar-refractivity contribution in [3.05, 3.63) is 94.4 Å². The van der Waals surface area contributed by atoms with Crippen molar-refractivity contribution in [3.8, 4) is 11.1 Å². The van der Waals surface area contributed by atoms with Gasteiger partial charge in [0.1, 0.15) is 0 Å². The normalized spacial score (nSPS) is 24.8. The lowest BCUT2D eigenvalue weighted by molar-refractivity contribution is -0.127. The number of rotatable bonds is 5. The highest BCUT2D eigenvalue weighted by molar-refractivity contribution is 5.83. The monoisotopic (exact) mass is 443 g/mol. The molecule has 1 saturated heterocycles. The molecule has 6 heteroatoms. The lowest BCUT2D eigenvalue weighted by Crippen LogP contribution is -2.47.